The highest BCUT2D eigenvalue weighted by molar-refractivity contribution is 6.12. The second-order valence-corrected chi connectivity index (χ2v) is 5.38. The molecule has 0 spiro atoms. The summed E-state index contributed by atoms with van der Waals surface area (Å²) in [6.07, 6.45) is 3.56. The van der Waals surface area contributed by atoms with E-state index in [2.05, 4.69) is 4.98 Å². The van der Waals surface area contributed by atoms with Crippen LogP contribution in [0.15, 0.2) is 42.7 Å². The van der Waals surface area contributed by atoms with E-state index >= 15 is 0 Å². The van der Waals surface area contributed by atoms with E-state index < -0.39 is 17.5 Å². The standard InChI is InChI=1S/C17H14N2O4/c1-11(21)23-17(2)14-5-3-4-6-15(14)19(16(17)22)13-7-12(10-20)8-18-9-13/h3-10H,1-2H3/t17-/m1/s1. The molecule has 2 aromatic rings. The fourth-order valence-electron chi connectivity index (χ4n) is 2.78. The molecule has 6 nitrogen and oxygen atoms in total. The Morgan fingerprint density at radius 1 is 1.30 bits per heavy atom. The van der Waals surface area contributed by atoms with Gasteiger partial charge in [-0.25, -0.2) is 0 Å². The summed E-state index contributed by atoms with van der Waals surface area (Å²) in [7, 11) is 0. The van der Waals surface area contributed by atoms with Gasteiger partial charge in [-0.05, 0) is 19.1 Å². The van der Waals surface area contributed by atoms with Crippen molar-refractivity contribution in [2.75, 3.05) is 4.90 Å². The number of fused-ring (bicyclic) bond motifs is 1. The number of pyridine rings is 1. The zero-order valence-corrected chi connectivity index (χ0v) is 12.6. The topological polar surface area (TPSA) is 76.6 Å². The first kappa shape index (κ1) is 14.9. The molecule has 0 radical (unpaired) electrons. The lowest BCUT2D eigenvalue weighted by molar-refractivity contribution is -0.163. The van der Waals surface area contributed by atoms with E-state index in [0.717, 1.165) is 0 Å². The van der Waals surface area contributed by atoms with E-state index in [0.29, 0.717) is 28.8 Å². The molecule has 1 aromatic heterocycles. The van der Waals surface area contributed by atoms with Crippen LogP contribution in [0.4, 0.5) is 11.4 Å². The predicted molar refractivity (Wildman–Crippen MR) is 82.3 cm³/mol. The van der Waals surface area contributed by atoms with Crippen molar-refractivity contribution in [2.45, 2.75) is 19.4 Å². The Kier molecular flexibility index (Phi) is 3.44. The molecule has 3 rings (SSSR count). The van der Waals surface area contributed by atoms with E-state index in [-0.39, 0.29) is 0 Å². The summed E-state index contributed by atoms with van der Waals surface area (Å²) in [5, 5.41) is 0. The highest BCUT2D eigenvalue weighted by Crippen LogP contribution is 2.45. The summed E-state index contributed by atoms with van der Waals surface area (Å²) < 4.78 is 5.33. The van der Waals surface area contributed by atoms with Gasteiger partial charge in [0.2, 0.25) is 5.60 Å². The van der Waals surface area contributed by atoms with Gasteiger partial charge in [0.15, 0.2) is 6.29 Å². The van der Waals surface area contributed by atoms with Crippen LogP contribution in [0.25, 0.3) is 0 Å². The Morgan fingerprint density at radius 2 is 2.04 bits per heavy atom. The molecule has 0 aliphatic carbocycles. The monoisotopic (exact) mass is 310 g/mol. The molecule has 0 saturated heterocycles. The maximum Gasteiger partial charge on any atom is 0.304 e. The Hall–Kier alpha value is -3.02. The van der Waals surface area contributed by atoms with Crippen LogP contribution in [0.2, 0.25) is 0 Å². The normalized spacial score (nSPS) is 19.4. The number of carbonyl (C=O) groups excluding carboxylic acids is 3. The molecule has 116 valence electrons. The molecule has 6 heteroatoms. The van der Waals surface area contributed by atoms with Crippen molar-refractivity contribution < 1.29 is 19.1 Å². The van der Waals surface area contributed by atoms with E-state index in [4.69, 9.17) is 4.74 Å². The van der Waals surface area contributed by atoms with Crippen LogP contribution >= 0.6 is 0 Å². The molecule has 0 saturated carbocycles. The maximum atomic E-state index is 13.0. The van der Waals surface area contributed by atoms with Crippen molar-refractivity contribution in [1.29, 1.82) is 0 Å². The van der Waals surface area contributed by atoms with Crippen LogP contribution in [0.1, 0.15) is 29.8 Å². The smallest absolute Gasteiger partial charge is 0.304 e. The lowest BCUT2D eigenvalue weighted by atomic mass is 9.97. The van der Waals surface area contributed by atoms with Crippen LogP contribution in [-0.4, -0.2) is 23.1 Å². The third-order valence-electron chi connectivity index (χ3n) is 3.76. The fraction of sp³-hybridized carbons (Fsp3) is 0.176. The van der Waals surface area contributed by atoms with E-state index in [1.807, 2.05) is 0 Å². The largest absolute Gasteiger partial charge is 0.444 e. The number of hydrogen-bond acceptors (Lipinski definition) is 5. The number of anilines is 2. The molecule has 23 heavy (non-hydrogen) atoms. The summed E-state index contributed by atoms with van der Waals surface area (Å²) in [5.74, 6) is -0.948. The average Bonchev–Trinajstić information content (AvgIpc) is 2.75. The van der Waals surface area contributed by atoms with Crippen LogP contribution < -0.4 is 4.90 Å². The molecule has 1 aliphatic rings. The number of nitrogens with zero attached hydrogens (tertiary/aromatic N) is 2. The Balaban J connectivity index is 2.17. The molecular formula is C17H14N2O4. The van der Waals surface area contributed by atoms with Crippen LogP contribution in [0, 0.1) is 0 Å². The molecule has 0 unspecified atom stereocenters. The van der Waals surface area contributed by atoms with Crippen molar-refractivity contribution in [3.05, 3.63) is 53.9 Å². The Morgan fingerprint density at radius 3 is 2.74 bits per heavy atom. The summed E-state index contributed by atoms with van der Waals surface area (Å²) in [4.78, 5) is 40.8. The number of aldehydes is 1. The minimum atomic E-state index is -1.40. The molecule has 0 fully saturated rings. The van der Waals surface area contributed by atoms with E-state index in [1.165, 1.54) is 24.2 Å². The minimum absolute atomic E-state index is 0.355. The minimum Gasteiger partial charge on any atom is -0.444 e. The number of carbonyl (C=O) groups is 3. The van der Waals surface area contributed by atoms with Gasteiger partial charge in [-0.2, -0.15) is 0 Å². The molecule has 0 bridgehead atoms. The molecular weight excluding hydrogens is 296 g/mol. The highest BCUT2D eigenvalue weighted by Gasteiger charge is 2.50. The highest BCUT2D eigenvalue weighted by atomic mass is 16.6. The van der Waals surface area contributed by atoms with Crippen molar-refractivity contribution in [3.63, 3.8) is 0 Å². The van der Waals surface area contributed by atoms with Crippen molar-refractivity contribution in [2.24, 2.45) is 0 Å². The molecule has 2 heterocycles. The number of aromatic nitrogens is 1. The fourth-order valence-corrected chi connectivity index (χ4v) is 2.78. The van der Waals surface area contributed by atoms with Crippen LogP contribution in [-0.2, 0) is 19.9 Å². The quantitative estimate of drug-likeness (QED) is 0.642. The van der Waals surface area contributed by atoms with Gasteiger partial charge in [-0.1, -0.05) is 18.2 Å². The van der Waals surface area contributed by atoms with Gasteiger partial charge >= 0.3 is 5.97 Å². The number of benzene rings is 1. The number of para-hydroxylation sites is 1. The molecule has 0 N–H and O–H groups in total. The van der Waals surface area contributed by atoms with Gasteiger partial charge < -0.3 is 4.74 Å². The number of rotatable bonds is 3. The first-order chi connectivity index (χ1) is 11.0. The summed E-state index contributed by atoms with van der Waals surface area (Å²) >= 11 is 0. The van der Waals surface area contributed by atoms with Crippen molar-refractivity contribution >= 4 is 29.5 Å². The predicted octanol–water partition coefficient (Wildman–Crippen LogP) is 2.35. The lowest BCUT2D eigenvalue weighted by Gasteiger charge is -2.24. The molecule has 1 amide bonds. The Labute approximate surface area is 132 Å². The number of ether oxygens (including phenoxy) is 1. The first-order valence-electron chi connectivity index (χ1n) is 7.01. The second kappa shape index (κ2) is 5.31. The van der Waals surface area contributed by atoms with Crippen molar-refractivity contribution in [1.82, 2.24) is 4.98 Å². The van der Waals surface area contributed by atoms with Gasteiger partial charge in [0.05, 0.1) is 17.6 Å². The van der Waals surface area contributed by atoms with Gasteiger partial charge in [-0.3, -0.25) is 24.3 Å². The zero-order valence-electron chi connectivity index (χ0n) is 12.6. The zero-order chi connectivity index (χ0) is 16.6. The average molecular weight is 310 g/mol. The first-order valence-corrected chi connectivity index (χ1v) is 7.01. The van der Waals surface area contributed by atoms with Gasteiger partial charge in [-0.15, -0.1) is 0 Å². The van der Waals surface area contributed by atoms with Gasteiger partial charge in [0, 0.05) is 24.2 Å². The number of hydrogen-bond donors (Lipinski definition) is 0. The summed E-state index contributed by atoms with van der Waals surface area (Å²) in [5.41, 5.74) is 0.596. The van der Waals surface area contributed by atoms with Gasteiger partial charge in [0.25, 0.3) is 5.91 Å². The van der Waals surface area contributed by atoms with Crippen LogP contribution in [0.5, 0.6) is 0 Å². The lowest BCUT2D eigenvalue weighted by Crippen LogP contribution is -2.39. The SMILES string of the molecule is CC(=O)O[C@@]1(C)C(=O)N(c2cncc(C=O)c2)c2ccccc21. The molecule has 1 atom stereocenters. The van der Waals surface area contributed by atoms with E-state index in [1.54, 1.807) is 37.3 Å². The van der Waals surface area contributed by atoms with Crippen LogP contribution in [0.3, 0.4) is 0 Å². The summed E-state index contributed by atoms with van der Waals surface area (Å²) in [6, 6.07) is 8.63. The number of amides is 1. The number of esters is 1. The third-order valence-corrected chi connectivity index (χ3v) is 3.76. The van der Waals surface area contributed by atoms with Gasteiger partial charge in [0.1, 0.15) is 0 Å². The van der Waals surface area contributed by atoms with Crippen molar-refractivity contribution in [3.8, 4) is 0 Å². The Bertz CT molecular complexity index is 818. The van der Waals surface area contributed by atoms with E-state index in [9.17, 15) is 14.4 Å². The summed E-state index contributed by atoms with van der Waals surface area (Å²) in [6.45, 7) is 2.82. The second-order valence-electron chi connectivity index (χ2n) is 5.38. The molecule has 1 aliphatic heterocycles. The molecule has 1 aromatic carbocycles. The third kappa shape index (κ3) is 2.28. The maximum absolute atomic E-state index is 13.0.